The number of halogens is 2. The summed E-state index contributed by atoms with van der Waals surface area (Å²) in [6.45, 7) is 1.81. The van der Waals surface area contributed by atoms with E-state index >= 15 is 0 Å². The van der Waals surface area contributed by atoms with Crippen molar-refractivity contribution in [2.75, 3.05) is 25.0 Å². The van der Waals surface area contributed by atoms with E-state index in [1.807, 2.05) is 4.90 Å². The molecule has 2 amide bonds. The van der Waals surface area contributed by atoms with E-state index in [0.29, 0.717) is 44.1 Å². The first-order valence-corrected chi connectivity index (χ1v) is 9.13. The highest BCUT2D eigenvalue weighted by atomic mass is 35.5. The van der Waals surface area contributed by atoms with Gasteiger partial charge in [0.2, 0.25) is 11.8 Å². The molecular formula is C19H27ClFN3O2. The van der Waals surface area contributed by atoms with Gasteiger partial charge in [0, 0.05) is 30.6 Å². The Morgan fingerprint density at radius 1 is 1.12 bits per heavy atom. The topological polar surface area (TPSA) is 75.4 Å². The molecule has 26 heavy (non-hydrogen) atoms. The number of carbonyl (C=O) groups is 2. The zero-order valence-electron chi connectivity index (χ0n) is 14.8. The number of nitrogens with one attached hydrogen (secondary N) is 1. The first-order valence-electron chi connectivity index (χ1n) is 9.13. The first kappa shape index (κ1) is 20.6. The molecule has 2 aliphatic rings. The van der Waals surface area contributed by atoms with Crippen molar-refractivity contribution in [3.63, 3.8) is 0 Å². The lowest BCUT2D eigenvalue weighted by Gasteiger charge is -2.34. The summed E-state index contributed by atoms with van der Waals surface area (Å²) in [6, 6.07) is 5.76. The summed E-state index contributed by atoms with van der Waals surface area (Å²) < 4.78 is 12.9. The number of hydrogen-bond donors (Lipinski definition) is 2. The van der Waals surface area contributed by atoms with Gasteiger partial charge in [-0.3, -0.25) is 9.59 Å². The van der Waals surface area contributed by atoms with E-state index in [9.17, 15) is 14.0 Å². The molecule has 0 aromatic heterocycles. The number of carbonyl (C=O) groups excluding carboxylic acids is 2. The Bertz CT molecular complexity index is 618. The lowest BCUT2D eigenvalue weighted by molar-refractivity contribution is -0.139. The van der Waals surface area contributed by atoms with Crippen LogP contribution in [-0.2, 0) is 9.59 Å². The average Bonchev–Trinajstić information content (AvgIpc) is 3.12. The number of anilines is 1. The van der Waals surface area contributed by atoms with E-state index in [1.165, 1.54) is 12.1 Å². The number of piperidine rings is 1. The number of rotatable bonds is 4. The molecule has 0 bridgehead atoms. The Morgan fingerprint density at radius 2 is 1.77 bits per heavy atom. The molecule has 1 aliphatic carbocycles. The van der Waals surface area contributed by atoms with Gasteiger partial charge in [-0.15, -0.1) is 12.4 Å². The monoisotopic (exact) mass is 383 g/mol. The molecule has 1 saturated carbocycles. The van der Waals surface area contributed by atoms with Gasteiger partial charge in [0.1, 0.15) is 5.82 Å². The van der Waals surface area contributed by atoms with Crippen LogP contribution in [0.3, 0.4) is 0 Å². The molecular weight excluding hydrogens is 357 g/mol. The molecule has 1 heterocycles. The summed E-state index contributed by atoms with van der Waals surface area (Å²) >= 11 is 0. The molecule has 0 unspecified atom stereocenters. The lowest BCUT2D eigenvalue weighted by atomic mass is 9.91. The van der Waals surface area contributed by atoms with Crippen molar-refractivity contribution in [2.45, 2.75) is 32.1 Å². The highest BCUT2D eigenvalue weighted by Crippen LogP contribution is 2.33. The smallest absolute Gasteiger partial charge is 0.227 e. The van der Waals surface area contributed by atoms with Crippen LogP contribution in [0.15, 0.2) is 24.3 Å². The van der Waals surface area contributed by atoms with Gasteiger partial charge in [0.15, 0.2) is 0 Å². The fraction of sp³-hybridized carbons (Fsp3) is 0.579. The van der Waals surface area contributed by atoms with E-state index in [0.717, 1.165) is 19.3 Å². The standard InChI is InChI=1S/C19H26FN3O2.ClH/c20-15-4-6-16(7-5-15)22-18(24)13-8-10-23(11-9-13)19(25)17-3-1-2-14(17)12-21;/h4-7,13-14,17H,1-3,8-12,21H2,(H,22,24);1H/t14-,17-;/m1./s1. The molecule has 0 radical (unpaired) electrons. The van der Waals surface area contributed by atoms with E-state index in [4.69, 9.17) is 5.73 Å². The van der Waals surface area contributed by atoms with Crippen LogP contribution in [0.4, 0.5) is 10.1 Å². The van der Waals surface area contributed by atoms with Gasteiger partial charge in [-0.2, -0.15) is 0 Å². The third-order valence-corrected chi connectivity index (χ3v) is 5.57. The van der Waals surface area contributed by atoms with Gasteiger partial charge in [-0.05, 0) is 62.4 Å². The number of nitrogens with two attached hydrogens (primary N) is 1. The van der Waals surface area contributed by atoms with Crippen molar-refractivity contribution in [1.29, 1.82) is 0 Å². The Labute approximate surface area is 159 Å². The van der Waals surface area contributed by atoms with Gasteiger partial charge in [-0.1, -0.05) is 6.42 Å². The lowest BCUT2D eigenvalue weighted by Crippen LogP contribution is -2.45. The van der Waals surface area contributed by atoms with Crippen LogP contribution in [0.2, 0.25) is 0 Å². The van der Waals surface area contributed by atoms with Crippen molar-refractivity contribution < 1.29 is 14.0 Å². The summed E-state index contributed by atoms with van der Waals surface area (Å²) in [4.78, 5) is 27.0. The number of benzene rings is 1. The van der Waals surface area contributed by atoms with Crippen molar-refractivity contribution >= 4 is 29.9 Å². The van der Waals surface area contributed by atoms with Crippen LogP contribution < -0.4 is 11.1 Å². The predicted octanol–water partition coefficient (Wildman–Crippen LogP) is 2.80. The van der Waals surface area contributed by atoms with Crippen LogP contribution in [0.25, 0.3) is 0 Å². The van der Waals surface area contributed by atoms with Gasteiger partial charge in [-0.25, -0.2) is 4.39 Å². The fourth-order valence-electron chi connectivity index (χ4n) is 4.02. The number of hydrogen-bond acceptors (Lipinski definition) is 3. The van der Waals surface area contributed by atoms with Crippen LogP contribution >= 0.6 is 12.4 Å². The molecule has 3 N–H and O–H groups in total. The molecule has 5 nitrogen and oxygen atoms in total. The van der Waals surface area contributed by atoms with E-state index in [1.54, 1.807) is 12.1 Å². The van der Waals surface area contributed by atoms with Crippen molar-refractivity contribution in [2.24, 2.45) is 23.5 Å². The minimum atomic E-state index is -0.326. The Balaban J connectivity index is 0.00000243. The van der Waals surface area contributed by atoms with Gasteiger partial charge < -0.3 is 16.0 Å². The maximum atomic E-state index is 12.9. The van der Waals surface area contributed by atoms with Gasteiger partial charge in [0.05, 0.1) is 0 Å². The fourth-order valence-corrected chi connectivity index (χ4v) is 4.02. The maximum Gasteiger partial charge on any atom is 0.227 e. The summed E-state index contributed by atoms with van der Waals surface area (Å²) in [6.07, 6.45) is 4.39. The third-order valence-electron chi connectivity index (χ3n) is 5.57. The molecule has 1 aromatic rings. The summed E-state index contributed by atoms with van der Waals surface area (Å²) in [5, 5.41) is 2.83. The normalized spacial score (nSPS) is 23.4. The summed E-state index contributed by atoms with van der Waals surface area (Å²) in [5.41, 5.74) is 6.39. The quantitative estimate of drug-likeness (QED) is 0.839. The predicted molar refractivity (Wildman–Crippen MR) is 101 cm³/mol. The second-order valence-corrected chi connectivity index (χ2v) is 7.13. The van der Waals surface area contributed by atoms with E-state index in [2.05, 4.69) is 5.32 Å². The molecule has 1 saturated heterocycles. The van der Waals surface area contributed by atoms with E-state index < -0.39 is 0 Å². The zero-order chi connectivity index (χ0) is 17.8. The number of amides is 2. The van der Waals surface area contributed by atoms with Crippen LogP contribution in [0, 0.1) is 23.6 Å². The van der Waals surface area contributed by atoms with Crippen LogP contribution in [0.1, 0.15) is 32.1 Å². The first-order chi connectivity index (χ1) is 12.1. The van der Waals surface area contributed by atoms with Crippen molar-refractivity contribution in [3.05, 3.63) is 30.1 Å². The highest BCUT2D eigenvalue weighted by Gasteiger charge is 2.36. The van der Waals surface area contributed by atoms with Crippen molar-refractivity contribution in [1.82, 2.24) is 4.90 Å². The molecule has 3 rings (SSSR count). The Kier molecular flexibility index (Phi) is 7.41. The second kappa shape index (κ2) is 9.33. The zero-order valence-corrected chi connectivity index (χ0v) is 15.6. The Hall–Kier alpha value is -1.66. The largest absolute Gasteiger partial charge is 0.342 e. The Morgan fingerprint density at radius 3 is 2.38 bits per heavy atom. The minimum Gasteiger partial charge on any atom is -0.342 e. The second-order valence-electron chi connectivity index (χ2n) is 7.13. The molecule has 2 fully saturated rings. The highest BCUT2D eigenvalue weighted by molar-refractivity contribution is 5.92. The average molecular weight is 384 g/mol. The van der Waals surface area contributed by atoms with Crippen LogP contribution in [-0.4, -0.2) is 36.3 Å². The number of nitrogens with zero attached hydrogens (tertiary/aromatic N) is 1. The van der Waals surface area contributed by atoms with Gasteiger partial charge >= 0.3 is 0 Å². The molecule has 1 aliphatic heterocycles. The maximum absolute atomic E-state index is 12.9. The minimum absolute atomic E-state index is 0. The molecule has 7 heteroatoms. The molecule has 1 aromatic carbocycles. The summed E-state index contributed by atoms with van der Waals surface area (Å²) in [5.74, 6) is 0.0989. The van der Waals surface area contributed by atoms with Crippen LogP contribution in [0.5, 0.6) is 0 Å². The van der Waals surface area contributed by atoms with E-state index in [-0.39, 0.29) is 41.9 Å². The molecule has 144 valence electrons. The van der Waals surface area contributed by atoms with Crippen molar-refractivity contribution in [3.8, 4) is 0 Å². The molecule has 0 spiro atoms. The summed E-state index contributed by atoms with van der Waals surface area (Å²) in [7, 11) is 0. The number of likely N-dealkylation sites (tertiary alicyclic amines) is 1. The van der Waals surface area contributed by atoms with Gasteiger partial charge in [0.25, 0.3) is 0 Å². The third kappa shape index (κ3) is 4.74. The SMILES string of the molecule is Cl.NC[C@H]1CCC[C@H]1C(=O)N1CCC(C(=O)Nc2ccc(F)cc2)CC1. The molecule has 2 atom stereocenters.